The zero-order valence-corrected chi connectivity index (χ0v) is 12.2. The zero-order valence-electron chi connectivity index (χ0n) is 11.4. The number of esters is 1. The number of aromatic nitrogens is 1. The topological polar surface area (TPSA) is 85.4 Å². The maximum Gasteiger partial charge on any atom is 0.338 e. The second-order valence-corrected chi connectivity index (χ2v) is 6.26. The Morgan fingerprint density at radius 1 is 1.47 bits per heavy atom. The number of nitrogens with zero attached hydrogens (tertiary/aromatic N) is 1. The van der Waals surface area contributed by atoms with Crippen LogP contribution >= 0.6 is 0 Å². The smallest absolute Gasteiger partial charge is 0.338 e. The minimum Gasteiger partial charge on any atom is -0.465 e. The first kappa shape index (κ1) is 15.4. The minimum absolute atomic E-state index is 0.118. The molecular weight excluding hydrogens is 268 g/mol. The lowest BCUT2D eigenvalue weighted by atomic mass is 10.2. The largest absolute Gasteiger partial charge is 0.465 e. The lowest BCUT2D eigenvalue weighted by Crippen LogP contribution is -2.16. The van der Waals surface area contributed by atoms with Crippen molar-refractivity contribution in [2.24, 2.45) is 0 Å². The lowest BCUT2D eigenvalue weighted by molar-refractivity contribution is 0.0600. The number of anilines is 1. The minimum atomic E-state index is -3.49. The van der Waals surface area contributed by atoms with Gasteiger partial charge in [-0.15, -0.1) is 0 Å². The number of carbonyl (C=O) groups is 1. The molecule has 0 bridgehead atoms. The summed E-state index contributed by atoms with van der Waals surface area (Å²) in [7, 11) is -2.25. The third-order valence-electron chi connectivity index (χ3n) is 2.61. The van der Waals surface area contributed by atoms with Gasteiger partial charge in [-0.3, -0.25) is 0 Å². The number of hydrogen-bond donors (Lipinski definition) is 1. The first-order valence-corrected chi connectivity index (χ1v) is 7.74. The SMILES string of the molecule is CCC(C)Nc1cc(C(=O)OC)cc(S(C)(=O)=O)n1. The van der Waals surface area contributed by atoms with Crippen molar-refractivity contribution in [2.75, 3.05) is 18.7 Å². The van der Waals surface area contributed by atoms with E-state index in [1.807, 2.05) is 13.8 Å². The van der Waals surface area contributed by atoms with E-state index in [0.29, 0.717) is 5.82 Å². The zero-order chi connectivity index (χ0) is 14.6. The number of rotatable bonds is 5. The van der Waals surface area contributed by atoms with Gasteiger partial charge in [-0.05, 0) is 25.5 Å². The Labute approximate surface area is 113 Å². The fraction of sp³-hybridized carbons (Fsp3) is 0.500. The van der Waals surface area contributed by atoms with Crippen molar-refractivity contribution in [3.05, 3.63) is 17.7 Å². The van der Waals surface area contributed by atoms with E-state index in [1.54, 1.807) is 0 Å². The van der Waals surface area contributed by atoms with E-state index in [-0.39, 0.29) is 16.6 Å². The highest BCUT2D eigenvalue weighted by molar-refractivity contribution is 7.90. The number of nitrogens with one attached hydrogen (secondary N) is 1. The van der Waals surface area contributed by atoms with Gasteiger partial charge in [-0.25, -0.2) is 18.2 Å². The first-order chi connectivity index (χ1) is 8.77. The Morgan fingerprint density at radius 2 is 2.11 bits per heavy atom. The molecule has 0 fully saturated rings. The van der Waals surface area contributed by atoms with E-state index in [9.17, 15) is 13.2 Å². The van der Waals surface area contributed by atoms with Crippen LogP contribution in [0.4, 0.5) is 5.82 Å². The van der Waals surface area contributed by atoms with Crippen molar-refractivity contribution in [3.8, 4) is 0 Å². The van der Waals surface area contributed by atoms with E-state index in [4.69, 9.17) is 0 Å². The van der Waals surface area contributed by atoms with Crippen LogP contribution in [0.2, 0.25) is 0 Å². The van der Waals surface area contributed by atoms with Crippen LogP contribution in [0.3, 0.4) is 0 Å². The molecule has 1 atom stereocenters. The standard InChI is InChI=1S/C12H18N2O4S/c1-5-8(2)13-10-6-9(12(15)18-3)7-11(14-10)19(4,16)17/h6-8H,5H2,1-4H3,(H,13,14). The summed E-state index contributed by atoms with van der Waals surface area (Å²) in [6.45, 7) is 3.92. The summed E-state index contributed by atoms with van der Waals surface area (Å²) in [5, 5.41) is 2.89. The van der Waals surface area contributed by atoms with E-state index >= 15 is 0 Å². The molecular formula is C12H18N2O4S. The molecule has 1 unspecified atom stereocenters. The van der Waals surface area contributed by atoms with Gasteiger partial charge in [0.15, 0.2) is 14.9 Å². The summed E-state index contributed by atoms with van der Waals surface area (Å²) < 4.78 is 27.7. The molecule has 7 heteroatoms. The van der Waals surface area contributed by atoms with Crippen LogP contribution in [0, 0.1) is 0 Å². The summed E-state index contributed by atoms with van der Waals surface area (Å²) in [5.74, 6) is -0.253. The molecule has 1 aromatic heterocycles. The number of pyridine rings is 1. The van der Waals surface area contributed by atoms with Gasteiger partial charge in [0.05, 0.1) is 12.7 Å². The van der Waals surface area contributed by atoms with Gasteiger partial charge in [0.1, 0.15) is 5.82 Å². The molecule has 6 nitrogen and oxygen atoms in total. The highest BCUT2D eigenvalue weighted by Crippen LogP contribution is 2.16. The van der Waals surface area contributed by atoms with Gasteiger partial charge in [-0.1, -0.05) is 6.92 Å². The molecule has 0 spiro atoms. The maximum atomic E-state index is 11.6. The van der Waals surface area contributed by atoms with Crippen molar-refractivity contribution in [3.63, 3.8) is 0 Å². The molecule has 1 heterocycles. The van der Waals surface area contributed by atoms with E-state index in [2.05, 4.69) is 15.0 Å². The Balaban J connectivity index is 3.28. The van der Waals surface area contributed by atoms with Crippen LogP contribution in [-0.4, -0.2) is 38.8 Å². The van der Waals surface area contributed by atoms with Gasteiger partial charge in [0.25, 0.3) is 0 Å². The average Bonchev–Trinajstić information content (AvgIpc) is 2.36. The fourth-order valence-corrected chi connectivity index (χ4v) is 1.96. The number of sulfone groups is 1. The molecule has 0 saturated carbocycles. The quantitative estimate of drug-likeness (QED) is 0.825. The van der Waals surface area contributed by atoms with E-state index < -0.39 is 15.8 Å². The molecule has 0 aromatic carbocycles. The van der Waals surface area contributed by atoms with Crippen LogP contribution < -0.4 is 5.32 Å². The lowest BCUT2D eigenvalue weighted by Gasteiger charge is -2.13. The molecule has 0 aliphatic heterocycles. The fourth-order valence-electron chi connectivity index (χ4n) is 1.36. The Morgan fingerprint density at radius 3 is 2.58 bits per heavy atom. The molecule has 1 N–H and O–H groups in total. The van der Waals surface area contributed by atoms with Crippen molar-refractivity contribution in [2.45, 2.75) is 31.3 Å². The van der Waals surface area contributed by atoms with Crippen molar-refractivity contribution in [1.82, 2.24) is 4.98 Å². The molecule has 0 aliphatic carbocycles. The summed E-state index contributed by atoms with van der Waals surface area (Å²) in [6.07, 6.45) is 1.89. The second kappa shape index (κ2) is 6.01. The van der Waals surface area contributed by atoms with Gasteiger partial charge < -0.3 is 10.1 Å². The predicted molar refractivity (Wildman–Crippen MR) is 72.1 cm³/mol. The van der Waals surface area contributed by atoms with Gasteiger partial charge in [0, 0.05) is 12.3 Å². The van der Waals surface area contributed by atoms with E-state index in [1.165, 1.54) is 19.2 Å². The van der Waals surface area contributed by atoms with Crippen molar-refractivity contribution >= 4 is 21.6 Å². The van der Waals surface area contributed by atoms with Crippen molar-refractivity contribution < 1.29 is 17.9 Å². The molecule has 106 valence electrons. The number of methoxy groups -OCH3 is 1. The Bertz CT molecular complexity index is 569. The van der Waals surface area contributed by atoms with Gasteiger partial charge in [-0.2, -0.15) is 0 Å². The summed E-state index contributed by atoms with van der Waals surface area (Å²) in [4.78, 5) is 15.5. The van der Waals surface area contributed by atoms with E-state index in [0.717, 1.165) is 12.7 Å². The molecule has 1 aromatic rings. The first-order valence-electron chi connectivity index (χ1n) is 5.85. The van der Waals surface area contributed by atoms with Crippen LogP contribution in [0.15, 0.2) is 17.2 Å². The normalized spacial score (nSPS) is 12.8. The third kappa shape index (κ3) is 4.20. The number of hydrogen-bond acceptors (Lipinski definition) is 6. The molecule has 0 saturated heterocycles. The van der Waals surface area contributed by atoms with Gasteiger partial charge in [0.2, 0.25) is 0 Å². The molecule has 0 radical (unpaired) electrons. The van der Waals surface area contributed by atoms with Crippen LogP contribution in [0.25, 0.3) is 0 Å². The third-order valence-corrected chi connectivity index (χ3v) is 3.58. The van der Waals surface area contributed by atoms with Crippen molar-refractivity contribution in [1.29, 1.82) is 0 Å². The number of ether oxygens (including phenoxy) is 1. The molecule has 0 aliphatic rings. The average molecular weight is 286 g/mol. The Kier molecular flexibility index (Phi) is 4.88. The van der Waals surface area contributed by atoms with Crippen LogP contribution in [0.5, 0.6) is 0 Å². The van der Waals surface area contributed by atoms with Crippen LogP contribution in [-0.2, 0) is 14.6 Å². The van der Waals surface area contributed by atoms with Crippen LogP contribution in [0.1, 0.15) is 30.6 Å². The number of carbonyl (C=O) groups excluding carboxylic acids is 1. The van der Waals surface area contributed by atoms with Gasteiger partial charge >= 0.3 is 5.97 Å². The molecule has 0 amide bonds. The molecule has 1 rings (SSSR count). The maximum absolute atomic E-state index is 11.6. The highest BCUT2D eigenvalue weighted by Gasteiger charge is 2.16. The highest BCUT2D eigenvalue weighted by atomic mass is 32.2. The predicted octanol–water partition coefficient (Wildman–Crippen LogP) is 1.48. The molecule has 19 heavy (non-hydrogen) atoms. The summed E-state index contributed by atoms with van der Waals surface area (Å²) >= 11 is 0. The summed E-state index contributed by atoms with van der Waals surface area (Å²) in [6, 6.07) is 2.81. The Hall–Kier alpha value is -1.63. The summed E-state index contributed by atoms with van der Waals surface area (Å²) in [5.41, 5.74) is 0.156. The monoisotopic (exact) mass is 286 g/mol. The second-order valence-electron chi connectivity index (χ2n) is 4.30.